The Morgan fingerprint density at radius 1 is 1.03 bits per heavy atom. The van der Waals surface area contributed by atoms with Gasteiger partial charge in [-0.15, -0.1) is 12.4 Å². The first-order valence-electron chi connectivity index (χ1n) is 13.7. The largest absolute Gasteiger partial charge is 0.493 e. The average Bonchev–Trinajstić information content (AvgIpc) is 2.97. The molecule has 1 atom stereocenters. The molecular weight excluding hydrogens is 486 g/mol. The molecule has 1 N–H and O–H groups in total. The number of ether oxygens (including phenoxy) is 1. The van der Waals surface area contributed by atoms with Crippen LogP contribution in [-0.2, 0) is 11.2 Å². The third-order valence-corrected chi connectivity index (χ3v) is 7.90. The first-order valence-corrected chi connectivity index (χ1v) is 13.7. The van der Waals surface area contributed by atoms with E-state index in [9.17, 15) is 4.79 Å². The summed E-state index contributed by atoms with van der Waals surface area (Å²) < 4.78 is 6.15. The van der Waals surface area contributed by atoms with Crippen molar-refractivity contribution < 1.29 is 9.53 Å². The summed E-state index contributed by atoms with van der Waals surface area (Å²) in [5.41, 5.74) is 3.78. The summed E-state index contributed by atoms with van der Waals surface area (Å²) in [6.45, 7) is 8.34. The average molecular weight is 526 g/mol. The SMILES string of the molecule is CCc1cnc(N2CCC(COc3ccc(C4=CCC(C(=O)N5CCNCC5)CC4)cc3)CC2)nc1.Cl. The number of amides is 1. The number of benzene rings is 1. The summed E-state index contributed by atoms with van der Waals surface area (Å²) in [5, 5.41) is 3.32. The molecule has 1 aliphatic carbocycles. The van der Waals surface area contributed by atoms with E-state index in [1.807, 2.05) is 17.3 Å². The molecule has 2 aromatic rings. The first kappa shape index (κ1) is 27.4. The number of carbonyl (C=O) groups excluding carboxylic acids is 1. The third kappa shape index (κ3) is 7.02. The second-order valence-electron chi connectivity index (χ2n) is 10.3. The van der Waals surface area contributed by atoms with Crippen LogP contribution in [0.5, 0.6) is 5.75 Å². The number of rotatable bonds is 7. The van der Waals surface area contributed by atoms with Gasteiger partial charge in [-0.3, -0.25) is 4.79 Å². The molecule has 2 saturated heterocycles. The van der Waals surface area contributed by atoms with E-state index in [1.165, 1.54) is 16.7 Å². The number of allylic oxidation sites excluding steroid dienone is 2. The Morgan fingerprint density at radius 2 is 1.73 bits per heavy atom. The summed E-state index contributed by atoms with van der Waals surface area (Å²) in [4.78, 5) is 26.2. The van der Waals surface area contributed by atoms with Crippen molar-refractivity contribution in [1.82, 2.24) is 20.2 Å². The van der Waals surface area contributed by atoms with Crippen LogP contribution in [0.4, 0.5) is 5.95 Å². The lowest BCUT2D eigenvalue weighted by Gasteiger charge is -2.32. The second kappa shape index (κ2) is 13.2. The maximum absolute atomic E-state index is 12.8. The second-order valence-corrected chi connectivity index (χ2v) is 10.3. The Hall–Kier alpha value is -2.64. The molecule has 7 nitrogen and oxygen atoms in total. The highest BCUT2D eigenvalue weighted by molar-refractivity contribution is 5.85. The smallest absolute Gasteiger partial charge is 0.226 e. The van der Waals surface area contributed by atoms with Crippen LogP contribution in [0.2, 0.25) is 0 Å². The Bertz CT molecular complexity index is 1030. The molecule has 1 aromatic carbocycles. The monoisotopic (exact) mass is 525 g/mol. The highest BCUT2D eigenvalue weighted by atomic mass is 35.5. The molecule has 0 bridgehead atoms. The van der Waals surface area contributed by atoms with E-state index in [4.69, 9.17) is 4.74 Å². The number of halogens is 1. The van der Waals surface area contributed by atoms with Gasteiger partial charge in [-0.05, 0) is 73.3 Å². The Kier molecular flexibility index (Phi) is 9.81. The number of piperidine rings is 1. The lowest BCUT2D eigenvalue weighted by Crippen LogP contribution is -2.48. The minimum atomic E-state index is 0. The maximum Gasteiger partial charge on any atom is 0.226 e. The number of hydrogen-bond donors (Lipinski definition) is 1. The molecule has 3 aliphatic rings. The predicted octanol–water partition coefficient (Wildman–Crippen LogP) is 4.37. The van der Waals surface area contributed by atoms with E-state index in [1.54, 1.807) is 0 Å². The molecule has 5 rings (SSSR count). The van der Waals surface area contributed by atoms with Crippen molar-refractivity contribution in [1.29, 1.82) is 0 Å². The highest BCUT2D eigenvalue weighted by Crippen LogP contribution is 2.32. The van der Waals surface area contributed by atoms with Crippen LogP contribution < -0.4 is 15.0 Å². The Labute approximate surface area is 227 Å². The molecule has 2 aliphatic heterocycles. The molecule has 8 heteroatoms. The molecule has 3 heterocycles. The fourth-order valence-electron chi connectivity index (χ4n) is 5.44. The molecule has 200 valence electrons. The van der Waals surface area contributed by atoms with Gasteiger partial charge in [-0.1, -0.05) is 25.1 Å². The molecule has 37 heavy (non-hydrogen) atoms. The predicted molar refractivity (Wildman–Crippen MR) is 150 cm³/mol. The van der Waals surface area contributed by atoms with Crippen molar-refractivity contribution in [3.63, 3.8) is 0 Å². The van der Waals surface area contributed by atoms with E-state index >= 15 is 0 Å². The molecular formula is C29H40ClN5O2. The third-order valence-electron chi connectivity index (χ3n) is 7.90. The summed E-state index contributed by atoms with van der Waals surface area (Å²) in [6.07, 6.45) is 12.1. The zero-order chi connectivity index (χ0) is 24.7. The Balaban J connectivity index is 0.00000320. The topological polar surface area (TPSA) is 70.6 Å². The summed E-state index contributed by atoms with van der Waals surface area (Å²) in [6, 6.07) is 8.51. The molecule has 0 saturated carbocycles. The van der Waals surface area contributed by atoms with Gasteiger partial charge < -0.3 is 19.9 Å². The number of carbonyl (C=O) groups is 1. The van der Waals surface area contributed by atoms with Crippen LogP contribution in [0.25, 0.3) is 5.57 Å². The van der Waals surface area contributed by atoms with Crippen LogP contribution >= 0.6 is 12.4 Å². The van der Waals surface area contributed by atoms with Crippen LogP contribution in [0.1, 0.15) is 50.2 Å². The highest BCUT2D eigenvalue weighted by Gasteiger charge is 2.27. The van der Waals surface area contributed by atoms with Crippen LogP contribution in [-0.4, -0.2) is 66.7 Å². The van der Waals surface area contributed by atoms with E-state index < -0.39 is 0 Å². The normalized spacial score (nSPS) is 20.7. The van der Waals surface area contributed by atoms with E-state index in [0.717, 1.165) is 96.1 Å². The fraction of sp³-hybridized carbons (Fsp3) is 0.552. The van der Waals surface area contributed by atoms with Crippen molar-refractivity contribution in [2.75, 3.05) is 50.8 Å². The lowest BCUT2D eigenvalue weighted by molar-refractivity contribution is -0.136. The van der Waals surface area contributed by atoms with Crippen molar-refractivity contribution in [3.05, 3.63) is 53.9 Å². The number of aryl methyl sites for hydroxylation is 1. The quantitative estimate of drug-likeness (QED) is 0.579. The Morgan fingerprint density at radius 3 is 2.35 bits per heavy atom. The summed E-state index contributed by atoms with van der Waals surface area (Å²) in [7, 11) is 0. The van der Waals surface area contributed by atoms with Crippen molar-refractivity contribution in [2.24, 2.45) is 11.8 Å². The van der Waals surface area contributed by atoms with Gasteiger partial charge in [0.05, 0.1) is 6.61 Å². The van der Waals surface area contributed by atoms with Crippen LogP contribution in [0.15, 0.2) is 42.7 Å². The maximum atomic E-state index is 12.8. The number of nitrogens with one attached hydrogen (secondary N) is 1. The van der Waals surface area contributed by atoms with Gasteiger partial charge >= 0.3 is 0 Å². The van der Waals surface area contributed by atoms with E-state index in [-0.39, 0.29) is 18.3 Å². The van der Waals surface area contributed by atoms with Gasteiger partial charge in [0, 0.05) is 57.6 Å². The first-order chi connectivity index (χ1) is 17.7. The van der Waals surface area contributed by atoms with Gasteiger partial charge in [-0.2, -0.15) is 0 Å². The van der Waals surface area contributed by atoms with Crippen LogP contribution in [0, 0.1) is 11.8 Å². The molecule has 1 aromatic heterocycles. The van der Waals surface area contributed by atoms with Crippen LogP contribution in [0.3, 0.4) is 0 Å². The lowest BCUT2D eigenvalue weighted by atomic mass is 9.85. The van der Waals surface area contributed by atoms with Crippen molar-refractivity contribution in [2.45, 2.75) is 45.4 Å². The van der Waals surface area contributed by atoms with Gasteiger partial charge in [0.1, 0.15) is 5.75 Å². The molecule has 0 radical (unpaired) electrons. The summed E-state index contributed by atoms with van der Waals surface area (Å²) in [5.74, 6) is 2.81. The standard InChI is InChI=1S/C29H39N5O2.ClH/c1-2-22-19-31-29(32-20-22)34-15-11-23(12-16-34)21-36-27-9-7-25(8-10-27)24-3-5-26(6-4-24)28(35)33-17-13-30-14-18-33;/h3,7-10,19-20,23,26,30H,2,4-6,11-18,21H2,1H3;1H. The zero-order valence-corrected chi connectivity index (χ0v) is 22.7. The van der Waals surface area contributed by atoms with Gasteiger partial charge in [-0.25, -0.2) is 9.97 Å². The zero-order valence-electron chi connectivity index (χ0n) is 21.9. The summed E-state index contributed by atoms with van der Waals surface area (Å²) >= 11 is 0. The van der Waals surface area contributed by atoms with Gasteiger partial charge in [0.15, 0.2) is 0 Å². The molecule has 1 amide bonds. The van der Waals surface area contributed by atoms with Crippen molar-refractivity contribution >= 4 is 29.8 Å². The number of anilines is 1. The van der Waals surface area contributed by atoms with Gasteiger partial charge in [0.2, 0.25) is 11.9 Å². The fourth-order valence-corrected chi connectivity index (χ4v) is 5.44. The number of nitrogens with zero attached hydrogens (tertiary/aromatic N) is 4. The molecule has 1 unspecified atom stereocenters. The van der Waals surface area contributed by atoms with Gasteiger partial charge in [0.25, 0.3) is 0 Å². The van der Waals surface area contributed by atoms with Crippen molar-refractivity contribution in [3.8, 4) is 5.75 Å². The number of piperazine rings is 1. The molecule has 0 spiro atoms. The minimum Gasteiger partial charge on any atom is -0.493 e. The van der Waals surface area contributed by atoms with E-state index in [0.29, 0.717) is 11.8 Å². The number of aromatic nitrogens is 2. The molecule has 2 fully saturated rings. The number of hydrogen-bond acceptors (Lipinski definition) is 6. The minimum absolute atomic E-state index is 0. The van der Waals surface area contributed by atoms with E-state index in [2.05, 4.69) is 57.4 Å².